The van der Waals surface area contributed by atoms with Crippen molar-refractivity contribution >= 4 is 38.3 Å². The van der Waals surface area contributed by atoms with Crippen LogP contribution < -0.4 is 5.32 Å². The minimum Gasteiger partial charge on any atom is -0.356 e. The van der Waals surface area contributed by atoms with E-state index in [4.69, 9.17) is 11.6 Å². The van der Waals surface area contributed by atoms with Crippen LogP contribution in [0.2, 0.25) is 5.02 Å². The largest absolute Gasteiger partial charge is 0.356 e. The molecule has 2 nitrogen and oxygen atoms in total. The van der Waals surface area contributed by atoms with E-state index >= 15 is 0 Å². The highest BCUT2D eigenvalue weighted by atomic mass is 35.5. The highest BCUT2D eigenvalue weighted by molar-refractivity contribution is 7.22. The molecule has 1 aromatic heterocycles. The highest BCUT2D eigenvalue weighted by Crippen LogP contribution is 2.42. The van der Waals surface area contributed by atoms with E-state index in [0.29, 0.717) is 0 Å². The van der Waals surface area contributed by atoms with Crippen molar-refractivity contribution in [3.05, 3.63) is 23.2 Å². The summed E-state index contributed by atoms with van der Waals surface area (Å²) < 4.78 is 1.14. The minimum absolute atomic E-state index is 0.150. The van der Waals surface area contributed by atoms with Crippen LogP contribution in [0.5, 0.6) is 0 Å². The Morgan fingerprint density at radius 3 is 2.88 bits per heavy atom. The lowest BCUT2D eigenvalue weighted by Crippen LogP contribution is -2.33. The first-order chi connectivity index (χ1) is 8.04. The Hall–Kier alpha value is -0.800. The maximum atomic E-state index is 5.98. The fraction of sp³-hybridized carbons (Fsp3) is 0.462. The van der Waals surface area contributed by atoms with Gasteiger partial charge in [-0.25, -0.2) is 4.98 Å². The Balaban J connectivity index is 1.90. The van der Waals surface area contributed by atoms with E-state index in [0.717, 1.165) is 26.3 Å². The first-order valence-corrected chi connectivity index (χ1v) is 7.08. The van der Waals surface area contributed by atoms with Crippen molar-refractivity contribution < 1.29 is 0 Å². The number of hydrogen-bond donors (Lipinski definition) is 1. The molecule has 1 fully saturated rings. The first-order valence-electron chi connectivity index (χ1n) is 5.89. The number of nitrogens with one attached hydrogen (secondary N) is 1. The predicted octanol–water partition coefficient (Wildman–Crippen LogP) is 4.55. The number of fused-ring (bicyclic) bond motifs is 1. The number of rotatable bonds is 3. The van der Waals surface area contributed by atoms with Crippen LogP contribution in [0.3, 0.4) is 0 Å². The van der Waals surface area contributed by atoms with Gasteiger partial charge in [-0.2, -0.15) is 0 Å². The van der Waals surface area contributed by atoms with E-state index in [1.165, 1.54) is 12.8 Å². The summed E-state index contributed by atoms with van der Waals surface area (Å²) in [6.45, 7) is 4.51. The Labute approximate surface area is 110 Å². The molecule has 17 heavy (non-hydrogen) atoms. The van der Waals surface area contributed by atoms with Crippen molar-refractivity contribution in [3.63, 3.8) is 0 Å². The number of aromatic nitrogens is 1. The number of nitrogens with zero attached hydrogens (tertiary/aromatic N) is 1. The molecule has 1 aliphatic rings. The van der Waals surface area contributed by atoms with Crippen LogP contribution in [0.15, 0.2) is 18.2 Å². The molecular formula is C13H15ClN2S. The van der Waals surface area contributed by atoms with Crippen LogP contribution in [0.1, 0.15) is 26.7 Å². The molecule has 0 radical (unpaired) electrons. The lowest BCUT2D eigenvalue weighted by atomic mass is 9.99. The molecule has 4 heteroatoms. The van der Waals surface area contributed by atoms with Gasteiger partial charge < -0.3 is 5.32 Å². The maximum Gasteiger partial charge on any atom is 0.184 e. The molecule has 0 aliphatic heterocycles. The van der Waals surface area contributed by atoms with Gasteiger partial charge in [-0.3, -0.25) is 0 Å². The Kier molecular flexibility index (Phi) is 2.56. The second kappa shape index (κ2) is 3.85. The molecule has 0 atom stereocenters. The molecule has 90 valence electrons. The molecule has 2 aromatic rings. The van der Waals surface area contributed by atoms with Crippen LogP contribution >= 0.6 is 22.9 Å². The number of halogens is 1. The topological polar surface area (TPSA) is 24.9 Å². The standard InChI is InChI=1S/C13H15ClN2S/c1-13(2,8-3-4-8)16-12-15-10-6-5-9(14)7-11(10)17-12/h5-8H,3-4H2,1-2H3,(H,15,16). The van der Waals surface area contributed by atoms with Gasteiger partial charge in [-0.15, -0.1) is 0 Å². The van der Waals surface area contributed by atoms with Gasteiger partial charge in [0.15, 0.2) is 5.13 Å². The molecule has 1 heterocycles. The molecule has 1 N–H and O–H groups in total. The molecule has 3 rings (SSSR count). The summed E-state index contributed by atoms with van der Waals surface area (Å²) in [4.78, 5) is 4.60. The zero-order valence-corrected chi connectivity index (χ0v) is 11.5. The highest BCUT2D eigenvalue weighted by Gasteiger charge is 2.38. The average molecular weight is 267 g/mol. The third-order valence-corrected chi connectivity index (χ3v) is 4.55. The fourth-order valence-corrected chi connectivity index (χ4v) is 3.44. The zero-order chi connectivity index (χ0) is 12.0. The zero-order valence-electron chi connectivity index (χ0n) is 9.96. The lowest BCUT2D eigenvalue weighted by molar-refractivity contribution is 0.494. The van der Waals surface area contributed by atoms with Gasteiger partial charge in [0, 0.05) is 10.6 Å². The smallest absolute Gasteiger partial charge is 0.184 e. The summed E-state index contributed by atoms with van der Waals surface area (Å²) >= 11 is 7.66. The third-order valence-electron chi connectivity index (χ3n) is 3.38. The Bertz CT molecular complexity index is 558. The molecule has 0 saturated heterocycles. The predicted molar refractivity (Wildman–Crippen MR) is 75.1 cm³/mol. The molecule has 1 aliphatic carbocycles. The second-order valence-electron chi connectivity index (χ2n) is 5.25. The number of hydrogen-bond acceptors (Lipinski definition) is 3. The lowest BCUT2D eigenvalue weighted by Gasteiger charge is -2.25. The van der Waals surface area contributed by atoms with Crippen LogP contribution in [0.4, 0.5) is 5.13 Å². The summed E-state index contributed by atoms with van der Waals surface area (Å²) in [7, 11) is 0. The van der Waals surface area contributed by atoms with Crippen molar-refractivity contribution in [2.24, 2.45) is 5.92 Å². The summed E-state index contributed by atoms with van der Waals surface area (Å²) in [5.74, 6) is 0.790. The minimum atomic E-state index is 0.150. The van der Waals surface area contributed by atoms with E-state index < -0.39 is 0 Å². The van der Waals surface area contributed by atoms with Crippen LogP contribution in [0, 0.1) is 5.92 Å². The fourth-order valence-electron chi connectivity index (χ4n) is 2.13. The van der Waals surface area contributed by atoms with E-state index in [1.807, 2.05) is 18.2 Å². The molecular weight excluding hydrogens is 252 g/mol. The molecule has 0 spiro atoms. The van der Waals surface area contributed by atoms with Gasteiger partial charge in [0.25, 0.3) is 0 Å². The SMILES string of the molecule is CC(C)(Nc1nc2ccc(Cl)cc2s1)C1CC1. The van der Waals surface area contributed by atoms with E-state index in [-0.39, 0.29) is 5.54 Å². The average Bonchev–Trinajstić information content (AvgIpc) is 3.01. The van der Waals surface area contributed by atoms with Gasteiger partial charge in [0.2, 0.25) is 0 Å². The summed E-state index contributed by atoms with van der Waals surface area (Å²) in [6, 6.07) is 5.84. The molecule has 0 amide bonds. The van der Waals surface area contributed by atoms with E-state index in [1.54, 1.807) is 11.3 Å². The normalized spacial score (nSPS) is 16.4. The van der Waals surface area contributed by atoms with Crippen molar-refractivity contribution in [2.75, 3.05) is 5.32 Å². The van der Waals surface area contributed by atoms with Gasteiger partial charge in [-0.05, 0) is 50.8 Å². The van der Waals surface area contributed by atoms with Crippen LogP contribution in [0.25, 0.3) is 10.2 Å². The maximum absolute atomic E-state index is 5.98. The van der Waals surface area contributed by atoms with E-state index in [9.17, 15) is 0 Å². The van der Waals surface area contributed by atoms with Crippen LogP contribution in [-0.4, -0.2) is 10.5 Å². The first kappa shape index (κ1) is 11.3. The summed E-state index contributed by atoms with van der Waals surface area (Å²) in [5.41, 5.74) is 1.17. The van der Waals surface area contributed by atoms with Crippen molar-refractivity contribution in [1.29, 1.82) is 0 Å². The third kappa shape index (κ3) is 2.26. The van der Waals surface area contributed by atoms with Gasteiger partial charge >= 0.3 is 0 Å². The summed E-state index contributed by atoms with van der Waals surface area (Å²) in [5, 5.41) is 5.33. The van der Waals surface area contributed by atoms with Gasteiger partial charge in [-0.1, -0.05) is 22.9 Å². The molecule has 1 aromatic carbocycles. The number of anilines is 1. The Morgan fingerprint density at radius 1 is 1.41 bits per heavy atom. The second-order valence-corrected chi connectivity index (χ2v) is 6.72. The van der Waals surface area contributed by atoms with Gasteiger partial charge in [0.05, 0.1) is 10.2 Å². The summed E-state index contributed by atoms with van der Waals surface area (Å²) in [6.07, 6.45) is 2.66. The van der Waals surface area contributed by atoms with E-state index in [2.05, 4.69) is 24.1 Å². The van der Waals surface area contributed by atoms with Crippen molar-refractivity contribution in [1.82, 2.24) is 4.98 Å². The van der Waals surface area contributed by atoms with Crippen molar-refractivity contribution in [2.45, 2.75) is 32.2 Å². The number of benzene rings is 1. The molecule has 0 bridgehead atoms. The number of thiazole rings is 1. The van der Waals surface area contributed by atoms with Gasteiger partial charge in [0.1, 0.15) is 0 Å². The molecule has 0 unspecified atom stereocenters. The van der Waals surface area contributed by atoms with Crippen LogP contribution in [-0.2, 0) is 0 Å². The molecule has 1 saturated carbocycles. The quantitative estimate of drug-likeness (QED) is 0.882. The Morgan fingerprint density at radius 2 is 2.18 bits per heavy atom. The monoisotopic (exact) mass is 266 g/mol. The van der Waals surface area contributed by atoms with Crippen molar-refractivity contribution in [3.8, 4) is 0 Å².